The van der Waals surface area contributed by atoms with E-state index in [-0.39, 0.29) is 24.2 Å². The molecule has 3 N–H and O–H groups in total. The average Bonchev–Trinajstić information content (AvgIpc) is 2.91. The first kappa shape index (κ1) is 11.8. The van der Waals surface area contributed by atoms with Crippen LogP contribution in [0.15, 0.2) is 22.7 Å². The minimum atomic E-state index is 0. The van der Waals surface area contributed by atoms with E-state index in [4.69, 9.17) is 5.73 Å². The van der Waals surface area contributed by atoms with Crippen molar-refractivity contribution in [3.05, 3.63) is 28.2 Å². The van der Waals surface area contributed by atoms with Gasteiger partial charge in [0, 0.05) is 10.5 Å². The molecule has 0 saturated heterocycles. The van der Waals surface area contributed by atoms with Crippen LogP contribution in [0.2, 0.25) is 0 Å². The van der Waals surface area contributed by atoms with Gasteiger partial charge in [0.2, 0.25) is 0 Å². The Kier molecular flexibility index (Phi) is 3.81. The molecule has 1 aromatic carbocycles. The van der Waals surface area contributed by atoms with E-state index < -0.39 is 0 Å². The van der Waals surface area contributed by atoms with Crippen molar-refractivity contribution < 1.29 is 5.11 Å². The summed E-state index contributed by atoms with van der Waals surface area (Å²) in [7, 11) is 0. The lowest BCUT2D eigenvalue weighted by atomic mass is 10.0. The standard InChI is InChI=1S/C10H12BrNO.ClH/c11-9-4-3-7(13)5-8(9)10(12)6-1-2-6;/h3-6,10,13H,1-2,12H2;1H/t10-;/m0./s1. The third kappa shape index (κ3) is 2.41. The smallest absolute Gasteiger partial charge is 0.115 e. The van der Waals surface area contributed by atoms with E-state index in [1.54, 1.807) is 12.1 Å². The SMILES string of the molecule is Cl.N[C@H](c1cc(O)ccc1Br)C1CC1. The molecule has 0 aliphatic heterocycles. The van der Waals surface area contributed by atoms with Gasteiger partial charge >= 0.3 is 0 Å². The van der Waals surface area contributed by atoms with Crippen LogP contribution in [-0.4, -0.2) is 5.11 Å². The first-order chi connectivity index (χ1) is 6.18. The van der Waals surface area contributed by atoms with Crippen molar-refractivity contribution in [2.45, 2.75) is 18.9 Å². The first-order valence-corrected chi connectivity index (χ1v) is 5.22. The lowest BCUT2D eigenvalue weighted by Gasteiger charge is -2.12. The second-order valence-electron chi connectivity index (χ2n) is 3.57. The molecule has 1 fully saturated rings. The lowest BCUT2D eigenvalue weighted by Crippen LogP contribution is -2.12. The molecule has 1 aliphatic rings. The Labute approximate surface area is 98.0 Å². The maximum atomic E-state index is 9.31. The van der Waals surface area contributed by atoms with E-state index in [2.05, 4.69) is 15.9 Å². The van der Waals surface area contributed by atoms with E-state index >= 15 is 0 Å². The Balaban J connectivity index is 0.000000980. The third-order valence-corrected chi connectivity index (χ3v) is 3.19. The summed E-state index contributed by atoms with van der Waals surface area (Å²) in [4.78, 5) is 0. The molecular formula is C10H13BrClNO. The first-order valence-electron chi connectivity index (χ1n) is 4.42. The molecule has 0 heterocycles. The zero-order chi connectivity index (χ0) is 9.42. The van der Waals surface area contributed by atoms with E-state index in [1.807, 2.05) is 6.07 Å². The molecular weight excluding hydrogens is 265 g/mol. The average molecular weight is 279 g/mol. The molecule has 1 saturated carbocycles. The van der Waals surface area contributed by atoms with E-state index in [1.165, 1.54) is 12.8 Å². The fourth-order valence-electron chi connectivity index (χ4n) is 1.50. The Morgan fingerprint density at radius 1 is 1.43 bits per heavy atom. The van der Waals surface area contributed by atoms with Gasteiger partial charge in [0.15, 0.2) is 0 Å². The number of rotatable bonds is 2. The topological polar surface area (TPSA) is 46.2 Å². The minimum absolute atomic E-state index is 0. The molecule has 0 radical (unpaired) electrons. The Bertz CT molecular complexity index is 328. The number of phenolic OH excluding ortho intramolecular Hbond substituents is 1. The van der Waals surface area contributed by atoms with E-state index in [9.17, 15) is 5.11 Å². The predicted molar refractivity (Wildman–Crippen MR) is 62.7 cm³/mol. The molecule has 0 bridgehead atoms. The molecule has 2 nitrogen and oxygen atoms in total. The highest BCUT2D eigenvalue weighted by Gasteiger charge is 2.30. The van der Waals surface area contributed by atoms with Crippen LogP contribution < -0.4 is 5.73 Å². The van der Waals surface area contributed by atoms with Crippen molar-refractivity contribution in [3.8, 4) is 5.75 Å². The number of phenols is 1. The number of hydrogen-bond donors (Lipinski definition) is 2. The summed E-state index contributed by atoms with van der Waals surface area (Å²) in [6.07, 6.45) is 2.42. The highest BCUT2D eigenvalue weighted by Crippen LogP contribution is 2.42. The van der Waals surface area contributed by atoms with Gasteiger partial charge in [-0.3, -0.25) is 0 Å². The predicted octanol–water partition coefficient (Wildman–Crippen LogP) is 2.99. The Hall–Kier alpha value is -0.250. The summed E-state index contributed by atoms with van der Waals surface area (Å²) in [5, 5.41) is 9.31. The van der Waals surface area contributed by atoms with Crippen molar-refractivity contribution in [2.75, 3.05) is 0 Å². The highest BCUT2D eigenvalue weighted by atomic mass is 79.9. The van der Waals surface area contributed by atoms with Gasteiger partial charge in [-0.2, -0.15) is 0 Å². The van der Waals surface area contributed by atoms with Crippen LogP contribution in [0.4, 0.5) is 0 Å². The normalized spacial score (nSPS) is 17.3. The van der Waals surface area contributed by atoms with E-state index in [0.29, 0.717) is 5.92 Å². The number of benzene rings is 1. The summed E-state index contributed by atoms with van der Waals surface area (Å²) >= 11 is 3.44. The molecule has 0 unspecified atom stereocenters. The Morgan fingerprint density at radius 3 is 2.64 bits per heavy atom. The summed E-state index contributed by atoms with van der Waals surface area (Å²) in [6.45, 7) is 0. The van der Waals surface area contributed by atoms with Crippen molar-refractivity contribution >= 4 is 28.3 Å². The monoisotopic (exact) mass is 277 g/mol. The quantitative estimate of drug-likeness (QED) is 0.873. The van der Waals surface area contributed by atoms with Crippen LogP contribution in [0, 0.1) is 5.92 Å². The second-order valence-corrected chi connectivity index (χ2v) is 4.42. The lowest BCUT2D eigenvalue weighted by molar-refractivity contribution is 0.472. The number of halogens is 2. The van der Waals surface area contributed by atoms with Gasteiger partial charge in [-0.25, -0.2) is 0 Å². The fraction of sp³-hybridized carbons (Fsp3) is 0.400. The van der Waals surface area contributed by atoms with Crippen LogP contribution >= 0.6 is 28.3 Å². The van der Waals surface area contributed by atoms with Crippen LogP contribution in [0.1, 0.15) is 24.4 Å². The number of aromatic hydroxyl groups is 1. The molecule has 0 amide bonds. The van der Waals surface area contributed by atoms with Gasteiger partial charge in [0.25, 0.3) is 0 Å². The zero-order valence-corrected chi connectivity index (χ0v) is 10.0. The van der Waals surface area contributed by atoms with Crippen molar-refractivity contribution in [3.63, 3.8) is 0 Å². The second kappa shape index (κ2) is 4.51. The summed E-state index contributed by atoms with van der Waals surface area (Å²) in [5.41, 5.74) is 7.05. The van der Waals surface area contributed by atoms with Crippen molar-refractivity contribution in [2.24, 2.45) is 11.7 Å². The molecule has 0 aromatic heterocycles. The minimum Gasteiger partial charge on any atom is -0.508 e. The molecule has 4 heteroatoms. The van der Waals surface area contributed by atoms with Gasteiger partial charge in [-0.05, 0) is 42.5 Å². The van der Waals surface area contributed by atoms with Gasteiger partial charge in [-0.15, -0.1) is 12.4 Å². The van der Waals surface area contributed by atoms with Crippen molar-refractivity contribution in [1.82, 2.24) is 0 Å². The molecule has 14 heavy (non-hydrogen) atoms. The molecule has 0 spiro atoms. The molecule has 1 atom stereocenters. The maximum absolute atomic E-state index is 9.31. The molecule has 2 rings (SSSR count). The summed E-state index contributed by atoms with van der Waals surface area (Å²) < 4.78 is 0.990. The summed E-state index contributed by atoms with van der Waals surface area (Å²) in [5.74, 6) is 0.896. The van der Waals surface area contributed by atoms with Crippen LogP contribution in [-0.2, 0) is 0 Å². The zero-order valence-electron chi connectivity index (χ0n) is 7.61. The van der Waals surface area contributed by atoms with E-state index in [0.717, 1.165) is 10.0 Å². The van der Waals surface area contributed by atoms with Gasteiger partial charge in [0.05, 0.1) is 0 Å². The number of hydrogen-bond acceptors (Lipinski definition) is 2. The van der Waals surface area contributed by atoms with Crippen molar-refractivity contribution in [1.29, 1.82) is 0 Å². The number of nitrogens with two attached hydrogens (primary N) is 1. The van der Waals surface area contributed by atoms with Gasteiger partial charge in [0.1, 0.15) is 5.75 Å². The molecule has 78 valence electrons. The Morgan fingerprint density at radius 2 is 2.07 bits per heavy atom. The largest absolute Gasteiger partial charge is 0.508 e. The van der Waals surface area contributed by atoms with Crippen LogP contribution in [0.3, 0.4) is 0 Å². The van der Waals surface area contributed by atoms with Gasteiger partial charge < -0.3 is 10.8 Å². The maximum Gasteiger partial charge on any atom is 0.115 e. The highest BCUT2D eigenvalue weighted by molar-refractivity contribution is 9.10. The van der Waals surface area contributed by atoms with Crippen LogP contribution in [0.25, 0.3) is 0 Å². The molecule has 1 aliphatic carbocycles. The van der Waals surface area contributed by atoms with Gasteiger partial charge in [-0.1, -0.05) is 15.9 Å². The third-order valence-electron chi connectivity index (χ3n) is 2.47. The summed E-state index contributed by atoms with van der Waals surface area (Å²) in [6, 6.07) is 5.31. The molecule has 1 aromatic rings. The fourth-order valence-corrected chi connectivity index (χ4v) is 2.01. The van der Waals surface area contributed by atoms with Crippen LogP contribution in [0.5, 0.6) is 5.75 Å².